The van der Waals surface area contributed by atoms with Gasteiger partial charge in [0.05, 0.1) is 16.4 Å². The Kier molecular flexibility index (Phi) is 1.97. The zero-order valence-corrected chi connectivity index (χ0v) is 8.85. The zero-order valence-electron chi connectivity index (χ0n) is 6.51. The normalized spacial score (nSPS) is 19.8. The van der Waals surface area contributed by atoms with E-state index in [0.29, 0.717) is 0 Å². The molecule has 62 valence electrons. The number of halogens is 2. The van der Waals surface area contributed by atoms with Gasteiger partial charge in [-0.3, -0.25) is 4.99 Å². The summed E-state index contributed by atoms with van der Waals surface area (Å²) in [5, 5.41) is 2.82. The molecule has 0 fully saturated rings. The molecule has 3 heteroatoms. The first kappa shape index (κ1) is 8.27. The van der Waals surface area contributed by atoms with Gasteiger partial charge in [-0.15, -0.1) is 0 Å². The first-order chi connectivity index (χ1) is 5.66. The van der Waals surface area contributed by atoms with E-state index in [2.05, 4.69) is 27.0 Å². The SMILES string of the molecule is CC1C=c2c(Cl)cc(Br)cc2=N1. The van der Waals surface area contributed by atoms with Crippen molar-refractivity contribution < 1.29 is 0 Å². The molecule has 1 heterocycles. The van der Waals surface area contributed by atoms with Crippen LogP contribution in [0.2, 0.25) is 5.02 Å². The largest absolute Gasteiger partial charge is 0.277 e. The van der Waals surface area contributed by atoms with Crippen LogP contribution in [0, 0.1) is 0 Å². The van der Waals surface area contributed by atoms with Crippen molar-refractivity contribution in [2.45, 2.75) is 13.0 Å². The molecule has 1 aromatic carbocycles. The smallest absolute Gasteiger partial charge is 0.0677 e. The molecule has 0 saturated carbocycles. The second-order valence-electron chi connectivity index (χ2n) is 2.86. The summed E-state index contributed by atoms with van der Waals surface area (Å²) in [6.07, 6.45) is 2.07. The third-order valence-electron chi connectivity index (χ3n) is 1.82. The Balaban J connectivity index is 2.86. The van der Waals surface area contributed by atoms with E-state index < -0.39 is 0 Å². The molecular formula is C9H7BrClN. The summed E-state index contributed by atoms with van der Waals surface area (Å²) in [5.41, 5.74) is 0. The highest BCUT2D eigenvalue weighted by Crippen LogP contribution is 2.11. The van der Waals surface area contributed by atoms with Crippen LogP contribution in [0.1, 0.15) is 6.92 Å². The van der Waals surface area contributed by atoms with Gasteiger partial charge in [-0.1, -0.05) is 27.5 Å². The van der Waals surface area contributed by atoms with E-state index >= 15 is 0 Å². The number of nitrogens with zero attached hydrogens (tertiary/aromatic N) is 1. The maximum atomic E-state index is 6.02. The highest BCUT2D eigenvalue weighted by Gasteiger charge is 2.06. The van der Waals surface area contributed by atoms with E-state index in [9.17, 15) is 0 Å². The predicted molar refractivity (Wildman–Crippen MR) is 53.9 cm³/mol. The fourth-order valence-electron chi connectivity index (χ4n) is 1.34. The zero-order chi connectivity index (χ0) is 8.72. The Bertz CT molecular complexity index is 439. The number of hydrogen-bond acceptors (Lipinski definition) is 1. The number of rotatable bonds is 0. The van der Waals surface area contributed by atoms with Crippen molar-refractivity contribution in [3.63, 3.8) is 0 Å². The fourth-order valence-corrected chi connectivity index (χ4v) is 2.20. The van der Waals surface area contributed by atoms with Crippen molar-refractivity contribution in [3.05, 3.63) is 32.2 Å². The Morgan fingerprint density at radius 1 is 1.50 bits per heavy atom. The average Bonchev–Trinajstić information content (AvgIpc) is 2.29. The van der Waals surface area contributed by atoms with Crippen LogP contribution in [-0.4, -0.2) is 6.04 Å². The summed E-state index contributed by atoms with van der Waals surface area (Å²) in [4.78, 5) is 4.40. The van der Waals surface area contributed by atoms with Crippen molar-refractivity contribution in [2.24, 2.45) is 4.99 Å². The molecule has 2 rings (SSSR count). The van der Waals surface area contributed by atoms with Crippen LogP contribution in [0.15, 0.2) is 21.6 Å². The molecule has 1 atom stereocenters. The quantitative estimate of drug-likeness (QED) is 0.661. The van der Waals surface area contributed by atoms with E-state index in [-0.39, 0.29) is 6.04 Å². The lowest BCUT2D eigenvalue weighted by atomic mass is 10.2. The summed E-state index contributed by atoms with van der Waals surface area (Å²) < 4.78 is 0.984. The highest BCUT2D eigenvalue weighted by molar-refractivity contribution is 9.10. The van der Waals surface area contributed by atoms with Crippen molar-refractivity contribution in [1.82, 2.24) is 0 Å². The topological polar surface area (TPSA) is 12.4 Å². The Hall–Kier alpha value is -0.340. The molecule has 0 N–H and O–H groups in total. The van der Waals surface area contributed by atoms with Crippen LogP contribution in [-0.2, 0) is 0 Å². The van der Waals surface area contributed by atoms with E-state index in [4.69, 9.17) is 11.6 Å². The number of hydrogen-bond donors (Lipinski definition) is 0. The third kappa shape index (κ3) is 1.29. The Labute approximate surface area is 83.9 Å². The van der Waals surface area contributed by atoms with E-state index in [1.807, 2.05) is 19.1 Å². The number of fused-ring (bicyclic) bond motifs is 1. The summed E-state index contributed by atoms with van der Waals surface area (Å²) in [6.45, 7) is 2.05. The first-order valence-electron chi connectivity index (χ1n) is 3.71. The summed E-state index contributed by atoms with van der Waals surface area (Å²) >= 11 is 9.40. The molecule has 1 aromatic rings. The molecule has 0 aliphatic carbocycles. The molecular weight excluding hydrogens is 237 g/mol. The van der Waals surface area contributed by atoms with Crippen molar-refractivity contribution in [1.29, 1.82) is 0 Å². The molecule has 0 spiro atoms. The van der Waals surface area contributed by atoms with Gasteiger partial charge in [-0.05, 0) is 25.1 Å². The summed E-state index contributed by atoms with van der Waals surface area (Å²) in [7, 11) is 0. The highest BCUT2D eigenvalue weighted by atomic mass is 79.9. The lowest BCUT2D eigenvalue weighted by Gasteiger charge is -1.91. The molecule has 0 saturated heterocycles. The van der Waals surface area contributed by atoms with Gasteiger partial charge in [0.2, 0.25) is 0 Å². The second kappa shape index (κ2) is 2.86. The molecule has 1 nitrogen and oxygen atoms in total. The van der Waals surface area contributed by atoms with Crippen LogP contribution >= 0.6 is 27.5 Å². The molecule has 0 radical (unpaired) electrons. The number of benzene rings is 1. The molecule has 12 heavy (non-hydrogen) atoms. The van der Waals surface area contributed by atoms with Crippen molar-refractivity contribution in [2.75, 3.05) is 0 Å². The van der Waals surface area contributed by atoms with Gasteiger partial charge in [0.1, 0.15) is 0 Å². The third-order valence-corrected chi connectivity index (χ3v) is 2.59. The van der Waals surface area contributed by atoms with Crippen LogP contribution in [0.5, 0.6) is 0 Å². The van der Waals surface area contributed by atoms with Gasteiger partial charge in [0, 0.05) is 9.69 Å². The van der Waals surface area contributed by atoms with Gasteiger partial charge in [0.25, 0.3) is 0 Å². The summed E-state index contributed by atoms with van der Waals surface area (Å²) in [6, 6.07) is 4.14. The molecule has 1 aliphatic heterocycles. The van der Waals surface area contributed by atoms with Gasteiger partial charge >= 0.3 is 0 Å². The van der Waals surface area contributed by atoms with Gasteiger partial charge in [-0.2, -0.15) is 0 Å². The van der Waals surface area contributed by atoms with Crippen LogP contribution in [0.3, 0.4) is 0 Å². The minimum Gasteiger partial charge on any atom is -0.277 e. The van der Waals surface area contributed by atoms with Gasteiger partial charge < -0.3 is 0 Å². The van der Waals surface area contributed by atoms with E-state index in [1.165, 1.54) is 0 Å². The Morgan fingerprint density at radius 2 is 2.25 bits per heavy atom. The molecule has 0 aromatic heterocycles. The first-order valence-corrected chi connectivity index (χ1v) is 4.88. The lowest BCUT2D eigenvalue weighted by Crippen LogP contribution is -2.22. The molecule has 0 amide bonds. The van der Waals surface area contributed by atoms with Crippen molar-refractivity contribution >= 4 is 33.6 Å². The van der Waals surface area contributed by atoms with Crippen molar-refractivity contribution in [3.8, 4) is 0 Å². The molecule has 1 unspecified atom stereocenters. The maximum absolute atomic E-state index is 6.02. The van der Waals surface area contributed by atoms with E-state index in [0.717, 1.165) is 20.1 Å². The fraction of sp³-hybridized carbons (Fsp3) is 0.222. The lowest BCUT2D eigenvalue weighted by molar-refractivity contribution is 0.955. The molecule has 1 aliphatic rings. The summed E-state index contributed by atoms with van der Waals surface area (Å²) in [5.74, 6) is 0. The average molecular weight is 245 g/mol. The Morgan fingerprint density at radius 3 is 3.00 bits per heavy atom. The van der Waals surface area contributed by atoms with Gasteiger partial charge in [0.15, 0.2) is 0 Å². The second-order valence-corrected chi connectivity index (χ2v) is 4.18. The predicted octanol–water partition coefficient (Wildman–Crippen LogP) is 1.90. The monoisotopic (exact) mass is 243 g/mol. The van der Waals surface area contributed by atoms with Crippen LogP contribution < -0.4 is 10.6 Å². The van der Waals surface area contributed by atoms with E-state index in [1.54, 1.807) is 0 Å². The maximum Gasteiger partial charge on any atom is 0.0677 e. The van der Waals surface area contributed by atoms with Crippen LogP contribution in [0.25, 0.3) is 6.08 Å². The van der Waals surface area contributed by atoms with Crippen LogP contribution in [0.4, 0.5) is 0 Å². The standard InChI is InChI=1S/C9H7BrClN/c1-5-2-7-8(11)3-6(10)4-9(7)12-5/h2-5H,1H3. The minimum absolute atomic E-state index is 0.256. The minimum atomic E-state index is 0.256. The molecule has 0 bridgehead atoms. The van der Waals surface area contributed by atoms with Gasteiger partial charge in [-0.25, -0.2) is 0 Å².